The fourth-order valence-corrected chi connectivity index (χ4v) is 2.45. The van der Waals surface area contributed by atoms with Crippen LogP contribution in [0.3, 0.4) is 0 Å². The lowest BCUT2D eigenvalue weighted by molar-refractivity contribution is 0.579. The maximum atomic E-state index is 3.53. The molecular formula is C16H23N. The molecule has 1 atom stereocenters. The Hall–Kier alpha value is -1.26. The topological polar surface area (TPSA) is 12.0 Å². The Balaban J connectivity index is 2.73. The van der Waals surface area contributed by atoms with Crippen molar-refractivity contribution >= 4 is 0 Å². The van der Waals surface area contributed by atoms with Crippen LogP contribution in [0.5, 0.6) is 0 Å². The van der Waals surface area contributed by atoms with Crippen LogP contribution in [0.1, 0.15) is 48.6 Å². The third kappa shape index (κ3) is 3.91. The Morgan fingerprint density at radius 1 is 1.18 bits per heavy atom. The maximum Gasteiger partial charge on any atom is 0.0297 e. The quantitative estimate of drug-likeness (QED) is 0.613. The first-order valence-corrected chi connectivity index (χ1v) is 6.27. The molecule has 0 saturated heterocycles. The zero-order valence-electron chi connectivity index (χ0n) is 11.6. The third-order valence-corrected chi connectivity index (χ3v) is 3.05. The summed E-state index contributed by atoms with van der Waals surface area (Å²) in [7, 11) is 0. The summed E-state index contributed by atoms with van der Waals surface area (Å²) in [4.78, 5) is 0. The Labute approximate surface area is 106 Å². The molecule has 1 rings (SSSR count). The molecule has 1 N–H and O–H groups in total. The Kier molecular flexibility index (Phi) is 5.25. The molecule has 0 fully saturated rings. The van der Waals surface area contributed by atoms with E-state index in [2.05, 4.69) is 57.0 Å². The summed E-state index contributed by atoms with van der Waals surface area (Å²) in [6, 6.07) is 4.91. The minimum Gasteiger partial charge on any atom is -0.309 e. The molecule has 0 spiro atoms. The molecule has 0 aliphatic rings. The number of benzene rings is 1. The average molecular weight is 229 g/mol. The average Bonchev–Trinajstić information content (AvgIpc) is 2.23. The molecule has 0 aromatic heterocycles. The van der Waals surface area contributed by atoms with Crippen LogP contribution in [0, 0.1) is 32.6 Å². The second kappa shape index (κ2) is 6.47. The van der Waals surface area contributed by atoms with Crippen LogP contribution < -0.4 is 5.32 Å². The van der Waals surface area contributed by atoms with Crippen LogP contribution in [0.2, 0.25) is 0 Å². The molecule has 1 heteroatoms. The molecule has 17 heavy (non-hydrogen) atoms. The second-order valence-corrected chi connectivity index (χ2v) is 4.66. The molecule has 0 amide bonds. The van der Waals surface area contributed by atoms with Crippen molar-refractivity contribution in [3.05, 3.63) is 34.4 Å². The summed E-state index contributed by atoms with van der Waals surface area (Å²) in [5.41, 5.74) is 5.53. The standard InChI is InChI=1S/C16H23N/c1-6-7-8-9-17-15(5)16-13(3)10-12(2)11-14(16)4/h10-11,15,17H,8-9H2,1-5H3. The summed E-state index contributed by atoms with van der Waals surface area (Å²) in [5.74, 6) is 6.00. The largest absolute Gasteiger partial charge is 0.309 e. The number of hydrogen-bond donors (Lipinski definition) is 1. The van der Waals surface area contributed by atoms with Crippen molar-refractivity contribution in [3.8, 4) is 11.8 Å². The number of aryl methyl sites for hydroxylation is 3. The van der Waals surface area contributed by atoms with E-state index in [0.29, 0.717) is 6.04 Å². The fraction of sp³-hybridized carbons (Fsp3) is 0.500. The molecule has 1 unspecified atom stereocenters. The highest BCUT2D eigenvalue weighted by Crippen LogP contribution is 2.23. The van der Waals surface area contributed by atoms with Gasteiger partial charge in [-0.05, 0) is 51.3 Å². The van der Waals surface area contributed by atoms with Crippen molar-refractivity contribution in [2.45, 2.75) is 47.1 Å². The molecular weight excluding hydrogens is 206 g/mol. The Bertz CT molecular complexity index is 412. The third-order valence-electron chi connectivity index (χ3n) is 3.05. The van der Waals surface area contributed by atoms with E-state index in [-0.39, 0.29) is 0 Å². The summed E-state index contributed by atoms with van der Waals surface area (Å²) >= 11 is 0. The van der Waals surface area contributed by atoms with Crippen molar-refractivity contribution in [2.24, 2.45) is 0 Å². The second-order valence-electron chi connectivity index (χ2n) is 4.66. The molecule has 1 aromatic rings. The van der Waals surface area contributed by atoms with E-state index in [9.17, 15) is 0 Å². The van der Waals surface area contributed by atoms with E-state index in [1.807, 2.05) is 6.92 Å². The highest BCUT2D eigenvalue weighted by Gasteiger charge is 2.10. The summed E-state index contributed by atoms with van der Waals surface area (Å²) < 4.78 is 0. The van der Waals surface area contributed by atoms with Gasteiger partial charge in [0.05, 0.1) is 0 Å². The lowest BCUT2D eigenvalue weighted by Crippen LogP contribution is -2.21. The Morgan fingerprint density at radius 3 is 2.29 bits per heavy atom. The smallest absolute Gasteiger partial charge is 0.0297 e. The highest BCUT2D eigenvalue weighted by atomic mass is 14.9. The van der Waals surface area contributed by atoms with Crippen LogP contribution >= 0.6 is 0 Å². The van der Waals surface area contributed by atoms with Gasteiger partial charge in [0, 0.05) is 19.0 Å². The molecule has 0 aliphatic carbocycles. The van der Waals surface area contributed by atoms with E-state index in [4.69, 9.17) is 0 Å². The predicted molar refractivity (Wildman–Crippen MR) is 75.1 cm³/mol. The van der Waals surface area contributed by atoms with E-state index >= 15 is 0 Å². The van der Waals surface area contributed by atoms with Crippen molar-refractivity contribution in [1.82, 2.24) is 5.32 Å². The number of hydrogen-bond acceptors (Lipinski definition) is 1. The zero-order chi connectivity index (χ0) is 12.8. The van der Waals surface area contributed by atoms with Gasteiger partial charge in [0.15, 0.2) is 0 Å². The lowest BCUT2D eigenvalue weighted by atomic mass is 9.95. The minimum atomic E-state index is 0.397. The molecule has 0 aliphatic heterocycles. The van der Waals surface area contributed by atoms with Crippen molar-refractivity contribution in [1.29, 1.82) is 0 Å². The van der Waals surface area contributed by atoms with E-state index in [1.165, 1.54) is 22.3 Å². The van der Waals surface area contributed by atoms with Gasteiger partial charge in [-0.3, -0.25) is 0 Å². The zero-order valence-corrected chi connectivity index (χ0v) is 11.6. The van der Waals surface area contributed by atoms with Gasteiger partial charge < -0.3 is 5.32 Å². The summed E-state index contributed by atoms with van der Waals surface area (Å²) in [5, 5.41) is 3.53. The molecule has 1 aromatic carbocycles. The van der Waals surface area contributed by atoms with Crippen LogP contribution in [0.4, 0.5) is 0 Å². The lowest BCUT2D eigenvalue weighted by Gasteiger charge is -2.19. The number of nitrogens with one attached hydrogen (secondary N) is 1. The van der Waals surface area contributed by atoms with Gasteiger partial charge in [-0.25, -0.2) is 0 Å². The highest BCUT2D eigenvalue weighted by molar-refractivity contribution is 5.39. The molecule has 0 heterocycles. The monoisotopic (exact) mass is 229 g/mol. The van der Waals surface area contributed by atoms with Gasteiger partial charge in [0.1, 0.15) is 0 Å². The van der Waals surface area contributed by atoms with Crippen molar-refractivity contribution < 1.29 is 0 Å². The van der Waals surface area contributed by atoms with Gasteiger partial charge in [0.2, 0.25) is 0 Å². The summed E-state index contributed by atoms with van der Waals surface area (Å²) in [6.07, 6.45) is 0.921. The van der Waals surface area contributed by atoms with Gasteiger partial charge in [-0.1, -0.05) is 17.7 Å². The molecule has 0 bridgehead atoms. The van der Waals surface area contributed by atoms with Gasteiger partial charge in [-0.2, -0.15) is 0 Å². The normalized spacial score (nSPS) is 11.8. The van der Waals surface area contributed by atoms with Crippen molar-refractivity contribution in [2.75, 3.05) is 6.54 Å². The van der Waals surface area contributed by atoms with E-state index in [1.54, 1.807) is 0 Å². The fourth-order valence-electron chi connectivity index (χ4n) is 2.45. The first-order valence-electron chi connectivity index (χ1n) is 6.27. The van der Waals surface area contributed by atoms with Crippen LogP contribution in [-0.4, -0.2) is 6.54 Å². The van der Waals surface area contributed by atoms with Crippen LogP contribution in [0.25, 0.3) is 0 Å². The predicted octanol–water partition coefficient (Wildman–Crippen LogP) is 3.68. The molecule has 1 nitrogen and oxygen atoms in total. The summed E-state index contributed by atoms with van der Waals surface area (Å²) in [6.45, 7) is 11.6. The first kappa shape index (κ1) is 13.8. The maximum absolute atomic E-state index is 3.53. The van der Waals surface area contributed by atoms with Gasteiger partial charge in [0.25, 0.3) is 0 Å². The minimum absolute atomic E-state index is 0.397. The number of rotatable bonds is 4. The SMILES string of the molecule is CC#CCCNC(C)c1c(C)cc(C)cc1C. The van der Waals surface area contributed by atoms with Crippen LogP contribution in [-0.2, 0) is 0 Å². The van der Waals surface area contributed by atoms with Gasteiger partial charge >= 0.3 is 0 Å². The first-order chi connectivity index (χ1) is 8.06. The van der Waals surface area contributed by atoms with Crippen LogP contribution in [0.15, 0.2) is 12.1 Å². The molecule has 0 radical (unpaired) electrons. The molecule has 92 valence electrons. The van der Waals surface area contributed by atoms with E-state index < -0.39 is 0 Å². The van der Waals surface area contributed by atoms with E-state index in [0.717, 1.165) is 13.0 Å². The van der Waals surface area contributed by atoms with Crippen molar-refractivity contribution in [3.63, 3.8) is 0 Å². The Morgan fingerprint density at radius 2 is 1.76 bits per heavy atom. The van der Waals surface area contributed by atoms with Gasteiger partial charge in [-0.15, -0.1) is 11.8 Å². The molecule has 0 saturated carbocycles.